The largest absolute Gasteiger partial charge is 0.444 e. The van der Waals surface area contributed by atoms with Gasteiger partial charge in [-0.2, -0.15) is 0 Å². The molecule has 0 spiro atoms. The Labute approximate surface area is 176 Å². The van der Waals surface area contributed by atoms with Crippen molar-refractivity contribution in [2.45, 2.75) is 32.8 Å². The summed E-state index contributed by atoms with van der Waals surface area (Å²) >= 11 is 5.86. The molecule has 2 rings (SSSR count). The molecular formula is C21H28ClN3O4. The second-order valence-electron chi connectivity index (χ2n) is 7.80. The van der Waals surface area contributed by atoms with Crippen molar-refractivity contribution in [2.75, 3.05) is 32.7 Å². The zero-order valence-corrected chi connectivity index (χ0v) is 17.9. The van der Waals surface area contributed by atoms with E-state index in [2.05, 4.69) is 5.32 Å². The first-order valence-corrected chi connectivity index (χ1v) is 9.99. The molecule has 1 aromatic carbocycles. The Kier molecular flexibility index (Phi) is 8.08. The third-order valence-electron chi connectivity index (χ3n) is 4.23. The normalized spacial score (nSPS) is 15.2. The van der Waals surface area contributed by atoms with Crippen molar-refractivity contribution in [3.63, 3.8) is 0 Å². The van der Waals surface area contributed by atoms with Crippen LogP contribution in [0.1, 0.15) is 32.8 Å². The number of nitrogens with one attached hydrogen (secondary N) is 1. The Morgan fingerprint density at radius 1 is 1.07 bits per heavy atom. The highest BCUT2D eigenvalue weighted by Gasteiger charge is 2.22. The van der Waals surface area contributed by atoms with Gasteiger partial charge < -0.3 is 19.9 Å². The Hall–Kier alpha value is -2.54. The average molecular weight is 422 g/mol. The van der Waals surface area contributed by atoms with Gasteiger partial charge in [-0.05, 0) is 51.0 Å². The summed E-state index contributed by atoms with van der Waals surface area (Å²) < 4.78 is 5.13. The van der Waals surface area contributed by atoms with Crippen LogP contribution < -0.4 is 5.32 Å². The summed E-state index contributed by atoms with van der Waals surface area (Å²) in [5.74, 6) is -0.289. The van der Waals surface area contributed by atoms with E-state index >= 15 is 0 Å². The van der Waals surface area contributed by atoms with Gasteiger partial charge in [-0.15, -0.1) is 0 Å². The van der Waals surface area contributed by atoms with E-state index in [-0.39, 0.29) is 18.4 Å². The lowest BCUT2D eigenvalue weighted by atomic mass is 10.2. The van der Waals surface area contributed by atoms with Crippen molar-refractivity contribution in [3.8, 4) is 0 Å². The number of carbonyl (C=O) groups is 3. The van der Waals surface area contributed by atoms with Crippen LogP contribution in [0, 0.1) is 0 Å². The SMILES string of the molecule is CC(C)(C)OC(=O)NCC(=O)N1CCCN(C(=O)/C=C/c2ccc(Cl)cc2)CC1. The molecule has 1 N–H and O–H groups in total. The summed E-state index contributed by atoms with van der Waals surface area (Å²) in [7, 11) is 0. The highest BCUT2D eigenvalue weighted by atomic mass is 35.5. The van der Waals surface area contributed by atoms with Crippen LogP contribution in [-0.2, 0) is 14.3 Å². The van der Waals surface area contributed by atoms with Crippen LogP contribution in [0.2, 0.25) is 5.02 Å². The van der Waals surface area contributed by atoms with Gasteiger partial charge >= 0.3 is 6.09 Å². The van der Waals surface area contributed by atoms with Gasteiger partial charge in [0.2, 0.25) is 11.8 Å². The fourth-order valence-electron chi connectivity index (χ4n) is 2.81. The van der Waals surface area contributed by atoms with Crippen LogP contribution in [0.4, 0.5) is 4.79 Å². The van der Waals surface area contributed by atoms with Gasteiger partial charge in [0.1, 0.15) is 12.1 Å². The molecule has 1 heterocycles. The smallest absolute Gasteiger partial charge is 0.408 e. The third kappa shape index (κ3) is 8.15. The average Bonchev–Trinajstić information content (AvgIpc) is 2.90. The number of alkyl carbamates (subject to hydrolysis) is 1. The first-order valence-electron chi connectivity index (χ1n) is 9.61. The summed E-state index contributed by atoms with van der Waals surface area (Å²) in [6.07, 6.45) is 3.34. The van der Waals surface area contributed by atoms with Gasteiger partial charge in [0.15, 0.2) is 0 Å². The molecular weight excluding hydrogens is 394 g/mol. The molecule has 29 heavy (non-hydrogen) atoms. The standard InChI is InChI=1S/C21H28ClN3O4/c1-21(2,3)29-20(28)23-15-19(27)25-12-4-11-24(13-14-25)18(26)10-7-16-5-8-17(22)9-6-16/h5-10H,4,11-15H2,1-3H3,(H,23,28)/b10-7+. The van der Waals surface area contributed by atoms with Crippen LogP contribution in [0.25, 0.3) is 6.08 Å². The van der Waals surface area contributed by atoms with Crippen molar-refractivity contribution < 1.29 is 19.1 Å². The zero-order chi connectivity index (χ0) is 21.4. The van der Waals surface area contributed by atoms with Gasteiger partial charge in [-0.3, -0.25) is 9.59 Å². The fraction of sp³-hybridized carbons (Fsp3) is 0.476. The highest BCUT2D eigenvalue weighted by Crippen LogP contribution is 2.11. The van der Waals surface area contributed by atoms with Gasteiger partial charge in [0.05, 0.1) is 0 Å². The van der Waals surface area contributed by atoms with Crippen molar-refractivity contribution >= 4 is 35.6 Å². The molecule has 158 valence electrons. The molecule has 0 unspecified atom stereocenters. The number of hydrogen-bond acceptors (Lipinski definition) is 4. The van der Waals surface area contributed by atoms with Crippen LogP contribution >= 0.6 is 11.6 Å². The molecule has 3 amide bonds. The monoisotopic (exact) mass is 421 g/mol. The molecule has 1 aliphatic heterocycles. The zero-order valence-electron chi connectivity index (χ0n) is 17.1. The van der Waals surface area contributed by atoms with Crippen LogP contribution in [0.15, 0.2) is 30.3 Å². The van der Waals surface area contributed by atoms with E-state index in [1.165, 1.54) is 6.08 Å². The highest BCUT2D eigenvalue weighted by molar-refractivity contribution is 6.30. The van der Waals surface area contributed by atoms with Crippen molar-refractivity contribution in [2.24, 2.45) is 0 Å². The number of ether oxygens (including phenoxy) is 1. The predicted octanol–water partition coefficient (Wildman–Crippen LogP) is 2.94. The molecule has 0 bridgehead atoms. The first-order chi connectivity index (χ1) is 13.6. The summed E-state index contributed by atoms with van der Waals surface area (Å²) in [5.41, 5.74) is 0.276. The number of hydrogen-bond donors (Lipinski definition) is 1. The maximum Gasteiger partial charge on any atom is 0.408 e. The Bertz CT molecular complexity index is 756. The van der Waals surface area contributed by atoms with Crippen molar-refractivity contribution in [3.05, 3.63) is 40.9 Å². The number of nitrogens with zero attached hydrogens (tertiary/aromatic N) is 2. The van der Waals surface area contributed by atoms with Crippen molar-refractivity contribution in [1.29, 1.82) is 0 Å². The maximum atomic E-state index is 12.5. The quantitative estimate of drug-likeness (QED) is 0.758. The third-order valence-corrected chi connectivity index (χ3v) is 4.48. The number of carbonyl (C=O) groups excluding carboxylic acids is 3. The minimum Gasteiger partial charge on any atom is -0.444 e. The molecule has 1 aromatic rings. The van der Waals surface area contributed by atoms with Crippen LogP contribution in [0.5, 0.6) is 0 Å². The molecule has 0 atom stereocenters. The second kappa shape index (κ2) is 10.3. The van der Waals surface area contributed by atoms with Gasteiger partial charge in [0.25, 0.3) is 0 Å². The predicted molar refractivity (Wildman–Crippen MR) is 112 cm³/mol. The van der Waals surface area contributed by atoms with E-state index in [1.807, 2.05) is 12.1 Å². The van der Waals surface area contributed by atoms with E-state index in [0.29, 0.717) is 37.6 Å². The van der Waals surface area contributed by atoms with E-state index in [0.717, 1.165) is 5.56 Å². The molecule has 8 heteroatoms. The number of rotatable bonds is 4. The van der Waals surface area contributed by atoms with E-state index < -0.39 is 11.7 Å². The lowest BCUT2D eigenvalue weighted by Crippen LogP contribution is -2.43. The number of amides is 3. The van der Waals surface area contributed by atoms with E-state index in [9.17, 15) is 14.4 Å². The molecule has 7 nitrogen and oxygen atoms in total. The number of benzene rings is 1. The summed E-state index contributed by atoms with van der Waals surface area (Å²) in [6.45, 7) is 7.14. The molecule has 0 aliphatic carbocycles. The van der Waals surface area contributed by atoms with Gasteiger partial charge in [-0.25, -0.2) is 4.79 Å². The lowest BCUT2D eigenvalue weighted by molar-refractivity contribution is -0.131. The van der Waals surface area contributed by atoms with E-state index in [1.54, 1.807) is 48.8 Å². The van der Waals surface area contributed by atoms with Crippen LogP contribution in [0.3, 0.4) is 0 Å². The maximum absolute atomic E-state index is 12.5. The Balaban J connectivity index is 1.81. The van der Waals surface area contributed by atoms with Crippen molar-refractivity contribution in [1.82, 2.24) is 15.1 Å². The molecule has 1 aliphatic rings. The lowest BCUT2D eigenvalue weighted by Gasteiger charge is -2.23. The fourth-order valence-corrected chi connectivity index (χ4v) is 2.93. The minimum atomic E-state index is -0.621. The molecule has 1 saturated heterocycles. The Morgan fingerprint density at radius 2 is 1.69 bits per heavy atom. The first kappa shape index (κ1) is 22.7. The second-order valence-corrected chi connectivity index (χ2v) is 8.24. The summed E-state index contributed by atoms with van der Waals surface area (Å²) in [6, 6.07) is 7.22. The van der Waals surface area contributed by atoms with Gasteiger partial charge in [0, 0.05) is 37.3 Å². The summed E-state index contributed by atoms with van der Waals surface area (Å²) in [5, 5.41) is 3.12. The molecule has 1 fully saturated rings. The topological polar surface area (TPSA) is 79.0 Å². The molecule has 0 saturated carbocycles. The van der Waals surface area contributed by atoms with Crippen LogP contribution in [-0.4, -0.2) is 66.0 Å². The van der Waals surface area contributed by atoms with E-state index in [4.69, 9.17) is 16.3 Å². The molecule has 0 aromatic heterocycles. The summed E-state index contributed by atoms with van der Waals surface area (Å²) in [4.78, 5) is 39.9. The Morgan fingerprint density at radius 3 is 2.34 bits per heavy atom. The van der Waals surface area contributed by atoms with Gasteiger partial charge in [-0.1, -0.05) is 23.7 Å². The molecule has 0 radical (unpaired) electrons. The minimum absolute atomic E-state index is 0.0962. The number of halogens is 1.